The molecule has 0 radical (unpaired) electrons. The number of aryl methyl sites for hydroxylation is 1. The Labute approximate surface area is 124 Å². The molecule has 3 rings (SSSR count). The molecule has 0 fully saturated rings. The summed E-state index contributed by atoms with van der Waals surface area (Å²) < 4.78 is 5.88. The van der Waals surface area contributed by atoms with Crippen molar-refractivity contribution in [3.05, 3.63) is 64.2 Å². The van der Waals surface area contributed by atoms with E-state index in [-0.39, 0.29) is 0 Å². The highest BCUT2D eigenvalue weighted by molar-refractivity contribution is 6.30. The molecule has 20 heavy (non-hydrogen) atoms. The Morgan fingerprint density at radius 3 is 2.65 bits per heavy atom. The zero-order valence-electron chi connectivity index (χ0n) is 11.5. The molecule has 1 aliphatic rings. The lowest BCUT2D eigenvalue weighted by molar-refractivity contribution is 0.280. The summed E-state index contributed by atoms with van der Waals surface area (Å²) >= 11 is 5.96. The monoisotopic (exact) mass is 287 g/mol. The molecule has 2 nitrogen and oxygen atoms in total. The van der Waals surface area contributed by atoms with Crippen molar-refractivity contribution in [2.45, 2.75) is 25.3 Å². The number of nitrogens with two attached hydrogens (primary N) is 1. The molecule has 3 heteroatoms. The van der Waals surface area contributed by atoms with Crippen LogP contribution in [0.1, 0.15) is 30.0 Å². The van der Waals surface area contributed by atoms with Gasteiger partial charge in [0.05, 0.1) is 12.1 Å². The number of fused-ring (bicyclic) bond motifs is 1. The van der Waals surface area contributed by atoms with E-state index in [2.05, 4.69) is 18.2 Å². The van der Waals surface area contributed by atoms with Crippen molar-refractivity contribution in [2.24, 2.45) is 5.73 Å². The van der Waals surface area contributed by atoms with Gasteiger partial charge in [0.1, 0.15) is 5.75 Å². The Balaban J connectivity index is 2.09. The lowest BCUT2D eigenvalue weighted by atomic mass is 9.83. The Kier molecular flexibility index (Phi) is 3.45. The van der Waals surface area contributed by atoms with Crippen molar-refractivity contribution >= 4 is 11.6 Å². The standard InChI is InChI=1S/C17H18ClNO/c1-17(19,13-7-9-14(18)10-8-13)15-6-2-4-12-5-3-11-20-16(12)15/h2,4,6-10H,3,5,11,19H2,1H3. The predicted octanol–water partition coefficient (Wildman–Crippen LogP) is 3.89. The summed E-state index contributed by atoms with van der Waals surface area (Å²) in [6.45, 7) is 2.78. The Morgan fingerprint density at radius 1 is 1.15 bits per heavy atom. The predicted molar refractivity (Wildman–Crippen MR) is 82.4 cm³/mol. The van der Waals surface area contributed by atoms with E-state index < -0.39 is 5.54 Å². The second-order valence-electron chi connectivity index (χ2n) is 5.46. The van der Waals surface area contributed by atoms with E-state index in [1.54, 1.807) is 0 Å². The normalized spacial score (nSPS) is 16.9. The zero-order chi connectivity index (χ0) is 14.2. The minimum Gasteiger partial charge on any atom is -0.493 e. The fraction of sp³-hybridized carbons (Fsp3) is 0.294. The second-order valence-corrected chi connectivity index (χ2v) is 5.89. The van der Waals surface area contributed by atoms with Gasteiger partial charge >= 0.3 is 0 Å². The van der Waals surface area contributed by atoms with Crippen molar-refractivity contribution in [2.75, 3.05) is 6.61 Å². The van der Waals surface area contributed by atoms with Gasteiger partial charge in [0.25, 0.3) is 0 Å². The van der Waals surface area contributed by atoms with Gasteiger partial charge in [0.15, 0.2) is 0 Å². The number of hydrogen-bond acceptors (Lipinski definition) is 2. The number of halogens is 1. The number of benzene rings is 2. The molecule has 1 aliphatic heterocycles. The molecule has 0 saturated carbocycles. The first kappa shape index (κ1) is 13.5. The summed E-state index contributed by atoms with van der Waals surface area (Å²) in [6.07, 6.45) is 2.12. The highest BCUT2D eigenvalue weighted by Crippen LogP contribution is 2.38. The molecule has 2 aromatic carbocycles. The summed E-state index contributed by atoms with van der Waals surface area (Å²) in [5.41, 5.74) is 9.34. The molecular weight excluding hydrogens is 270 g/mol. The fourth-order valence-electron chi connectivity index (χ4n) is 2.75. The van der Waals surface area contributed by atoms with Crippen molar-refractivity contribution in [1.29, 1.82) is 0 Å². The quantitative estimate of drug-likeness (QED) is 0.909. The molecule has 2 N–H and O–H groups in total. The van der Waals surface area contributed by atoms with E-state index in [0.29, 0.717) is 0 Å². The summed E-state index contributed by atoms with van der Waals surface area (Å²) in [4.78, 5) is 0. The molecule has 0 saturated heterocycles. The molecule has 0 aromatic heterocycles. The molecule has 0 aliphatic carbocycles. The van der Waals surface area contributed by atoms with Crippen LogP contribution in [0.4, 0.5) is 0 Å². The molecule has 0 spiro atoms. The minimum absolute atomic E-state index is 0.590. The Bertz CT molecular complexity index is 619. The number of para-hydroxylation sites is 1. The first-order valence-corrected chi connectivity index (χ1v) is 7.27. The summed E-state index contributed by atoms with van der Waals surface area (Å²) in [6, 6.07) is 13.9. The maximum Gasteiger partial charge on any atom is 0.127 e. The maximum absolute atomic E-state index is 6.61. The molecule has 104 valence electrons. The Hall–Kier alpha value is -1.51. The van der Waals surface area contributed by atoms with E-state index >= 15 is 0 Å². The third-order valence-corrected chi connectivity index (χ3v) is 4.19. The van der Waals surface area contributed by atoms with Crippen LogP contribution in [0.2, 0.25) is 5.02 Å². The first-order valence-electron chi connectivity index (χ1n) is 6.89. The van der Waals surface area contributed by atoms with Crippen LogP contribution in [-0.2, 0) is 12.0 Å². The van der Waals surface area contributed by atoms with Crippen LogP contribution in [0.5, 0.6) is 5.75 Å². The maximum atomic E-state index is 6.61. The minimum atomic E-state index is -0.590. The van der Waals surface area contributed by atoms with Gasteiger partial charge in [-0.3, -0.25) is 0 Å². The van der Waals surface area contributed by atoms with Gasteiger partial charge in [-0.1, -0.05) is 41.9 Å². The van der Waals surface area contributed by atoms with Gasteiger partial charge in [-0.2, -0.15) is 0 Å². The SMILES string of the molecule is CC(N)(c1ccc(Cl)cc1)c1cccc2c1OCCC2. The molecular formula is C17H18ClNO. The topological polar surface area (TPSA) is 35.2 Å². The van der Waals surface area contributed by atoms with E-state index in [4.69, 9.17) is 22.1 Å². The van der Waals surface area contributed by atoms with E-state index in [0.717, 1.165) is 41.3 Å². The van der Waals surface area contributed by atoms with Crippen LogP contribution in [-0.4, -0.2) is 6.61 Å². The Morgan fingerprint density at radius 2 is 1.90 bits per heavy atom. The van der Waals surface area contributed by atoms with Crippen molar-refractivity contribution < 1.29 is 4.74 Å². The summed E-state index contributed by atoms with van der Waals surface area (Å²) in [5, 5.41) is 0.718. The van der Waals surface area contributed by atoms with Crippen LogP contribution < -0.4 is 10.5 Å². The van der Waals surface area contributed by atoms with Crippen molar-refractivity contribution in [1.82, 2.24) is 0 Å². The largest absolute Gasteiger partial charge is 0.493 e. The summed E-state index contributed by atoms with van der Waals surface area (Å²) in [5.74, 6) is 0.957. The second kappa shape index (κ2) is 5.12. The third-order valence-electron chi connectivity index (χ3n) is 3.94. The van der Waals surface area contributed by atoms with Crippen molar-refractivity contribution in [3.8, 4) is 5.75 Å². The lowest BCUT2D eigenvalue weighted by Gasteiger charge is -2.30. The van der Waals surface area contributed by atoms with Crippen LogP contribution in [0.25, 0.3) is 0 Å². The lowest BCUT2D eigenvalue weighted by Crippen LogP contribution is -2.35. The van der Waals surface area contributed by atoms with E-state index in [1.165, 1.54) is 5.56 Å². The van der Waals surface area contributed by atoms with Crippen molar-refractivity contribution in [3.63, 3.8) is 0 Å². The molecule has 2 aromatic rings. The smallest absolute Gasteiger partial charge is 0.127 e. The highest BCUT2D eigenvalue weighted by atomic mass is 35.5. The average molecular weight is 288 g/mol. The zero-order valence-corrected chi connectivity index (χ0v) is 12.3. The molecule has 0 bridgehead atoms. The van der Waals surface area contributed by atoms with Gasteiger partial charge in [-0.15, -0.1) is 0 Å². The first-order chi connectivity index (χ1) is 9.59. The third kappa shape index (κ3) is 2.30. The van der Waals surface area contributed by atoms with Gasteiger partial charge in [-0.25, -0.2) is 0 Å². The molecule has 0 amide bonds. The summed E-state index contributed by atoms with van der Waals surface area (Å²) in [7, 11) is 0. The number of hydrogen-bond donors (Lipinski definition) is 1. The van der Waals surface area contributed by atoms with Crippen LogP contribution >= 0.6 is 11.6 Å². The van der Waals surface area contributed by atoms with Crippen LogP contribution in [0, 0.1) is 0 Å². The van der Waals surface area contributed by atoms with E-state index in [9.17, 15) is 0 Å². The van der Waals surface area contributed by atoms with Crippen LogP contribution in [0.3, 0.4) is 0 Å². The van der Waals surface area contributed by atoms with Gasteiger partial charge in [-0.05, 0) is 43.0 Å². The number of ether oxygens (including phenoxy) is 1. The van der Waals surface area contributed by atoms with Gasteiger partial charge < -0.3 is 10.5 Å². The fourth-order valence-corrected chi connectivity index (χ4v) is 2.88. The average Bonchev–Trinajstić information content (AvgIpc) is 2.47. The molecule has 1 unspecified atom stereocenters. The molecule has 1 atom stereocenters. The highest BCUT2D eigenvalue weighted by Gasteiger charge is 2.29. The van der Waals surface area contributed by atoms with Crippen LogP contribution in [0.15, 0.2) is 42.5 Å². The van der Waals surface area contributed by atoms with Gasteiger partial charge in [0, 0.05) is 10.6 Å². The van der Waals surface area contributed by atoms with Gasteiger partial charge in [0.2, 0.25) is 0 Å². The number of rotatable bonds is 2. The van der Waals surface area contributed by atoms with E-state index in [1.807, 2.05) is 31.2 Å². The molecule has 1 heterocycles.